The molecule has 9 nitrogen and oxygen atoms in total. The largest absolute Gasteiger partial charge is 0.435 e. The van der Waals surface area contributed by atoms with E-state index in [1.54, 1.807) is 35.2 Å². The summed E-state index contributed by atoms with van der Waals surface area (Å²) < 4.78 is 41.3. The highest BCUT2D eigenvalue weighted by molar-refractivity contribution is 5.95. The molecular weight excluding hydrogens is 465 g/mol. The molecule has 2 saturated heterocycles. The number of nitrogens with zero attached hydrogens (tertiary/aromatic N) is 4. The van der Waals surface area contributed by atoms with Crippen LogP contribution in [0.1, 0.15) is 41.7 Å². The van der Waals surface area contributed by atoms with E-state index >= 15 is 0 Å². The second-order valence-electron chi connectivity index (χ2n) is 8.57. The summed E-state index contributed by atoms with van der Waals surface area (Å²) in [5.41, 5.74) is -1.48. The van der Waals surface area contributed by atoms with Crippen LogP contribution in [-0.4, -0.2) is 76.2 Å². The average molecular weight is 493 g/mol. The van der Waals surface area contributed by atoms with E-state index in [-0.39, 0.29) is 31.1 Å². The van der Waals surface area contributed by atoms with Crippen molar-refractivity contribution in [2.45, 2.75) is 37.9 Å². The number of hydrogen-bond acceptors (Lipinski definition) is 4. The van der Waals surface area contributed by atoms with Crippen LogP contribution in [0.4, 0.5) is 18.0 Å². The van der Waals surface area contributed by atoms with Gasteiger partial charge in [-0.05, 0) is 31.4 Å². The molecule has 2 aromatic rings. The lowest BCUT2D eigenvalue weighted by Gasteiger charge is -2.36. The van der Waals surface area contributed by atoms with Gasteiger partial charge in [-0.1, -0.05) is 18.2 Å². The number of aromatic nitrogens is 2. The van der Waals surface area contributed by atoms with Crippen LogP contribution < -0.4 is 10.6 Å². The molecular formula is C23H27F3N6O3. The van der Waals surface area contributed by atoms with E-state index in [1.807, 2.05) is 4.90 Å². The zero-order chi connectivity index (χ0) is 25.0. The summed E-state index contributed by atoms with van der Waals surface area (Å²) in [4.78, 5) is 40.3. The second kappa shape index (κ2) is 10.4. The summed E-state index contributed by atoms with van der Waals surface area (Å²) in [6.45, 7) is 1.82. The number of rotatable bonds is 6. The second-order valence-corrected chi connectivity index (χ2v) is 8.57. The van der Waals surface area contributed by atoms with Crippen LogP contribution in [0, 0.1) is 0 Å². The number of para-hydroxylation sites is 1. The van der Waals surface area contributed by atoms with Gasteiger partial charge < -0.3 is 20.4 Å². The highest BCUT2D eigenvalue weighted by atomic mass is 19.4. The van der Waals surface area contributed by atoms with E-state index in [1.165, 1.54) is 0 Å². The van der Waals surface area contributed by atoms with Crippen LogP contribution in [0.5, 0.6) is 0 Å². The summed E-state index contributed by atoms with van der Waals surface area (Å²) in [5.74, 6) is -0.753. The molecule has 0 unspecified atom stereocenters. The number of likely N-dealkylation sites (tertiary alicyclic amines) is 2. The van der Waals surface area contributed by atoms with Gasteiger partial charge in [-0.2, -0.15) is 18.3 Å². The third-order valence-electron chi connectivity index (χ3n) is 6.24. The maximum Gasteiger partial charge on any atom is 0.435 e. The van der Waals surface area contributed by atoms with Crippen LogP contribution in [0.25, 0.3) is 5.69 Å². The van der Waals surface area contributed by atoms with Gasteiger partial charge in [-0.3, -0.25) is 9.59 Å². The van der Waals surface area contributed by atoms with Gasteiger partial charge in [0.05, 0.1) is 11.3 Å². The smallest absolute Gasteiger partial charge is 0.350 e. The summed E-state index contributed by atoms with van der Waals surface area (Å²) in [6.07, 6.45) is -0.871. The minimum atomic E-state index is -4.80. The maximum absolute atomic E-state index is 13.4. The normalized spacial score (nSPS) is 17.1. The standard InChI is InChI=1S/C23H27F3N6O3/c24-23(25,26)20-18(15-32(29-20)17-5-2-1-3-6-17)21(34)27-10-11-28-22(35)30-13-8-16(9-14-30)31-12-4-7-19(31)33/h1-3,5-6,15-16H,4,7-14H2,(H,27,34)(H,28,35). The van der Waals surface area contributed by atoms with Gasteiger partial charge in [0.1, 0.15) is 0 Å². The van der Waals surface area contributed by atoms with Crippen LogP contribution >= 0.6 is 0 Å². The number of carbonyl (C=O) groups excluding carboxylic acids is 3. The predicted molar refractivity (Wildman–Crippen MR) is 120 cm³/mol. The summed E-state index contributed by atoms with van der Waals surface area (Å²) >= 11 is 0. The molecule has 3 heterocycles. The Balaban J connectivity index is 1.26. The van der Waals surface area contributed by atoms with Gasteiger partial charge in [-0.15, -0.1) is 0 Å². The molecule has 0 spiro atoms. The van der Waals surface area contributed by atoms with Crippen molar-refractivity contribution < 1.29 is 27.6 Å². The fourth-order valence-electron chi connectivity index (χ4n) is 4.45. The third kappa shape index (κ3) is 5.75. The third-order valence-corrected chi connectivity index (χ3v) is 6.24. The van der Waals surface area contributed by atoms with Gasteiger partial charge in [0.25, 0.3) is 5.91 Å². The van der Waals surface area contributed by atoms with Crippen molar-refractivity contribution >= 4 is 17.8 Å². The molecule has 0 atom stereocenters. The fourth-order valence-corrected chi connectivity index (χ4v) is 4.45. The molecule has 0 aliphatic carbocycles. The lowest BCUT2D eigenvalue weighted by Crippen LogP contribution is -2.50. The lowest BCUT2D eigenvalue weighted by molar-refractivity contribution is -0.141. The van der Waals surface area contributed by atoms with E-state index in [2.05, 4.69) is 15.7 Å². The van der Waals surface area contributed by atoms with Crippen LogP contribution in [0.15, 0.2) is 36.5 Å². The van der Waals surface area contributed by atoms with E-state index in [0.717, 1.165) is 23.8 Å². The quantitative estimate of drug-likeness (QED) is 0.605. The number of halogens is 3. The molecule has 0 bridgehead atoms. The zero-order valence-electron chi connectivity index (χ0n) is 19.1. The number of urea groups is 1. The van der Waals surface area contributed by atoms with Crippen molar-refractivity contribution in [3.63, 3.8) is 0 Å². The minimum Gasteiger partial charge on any atom is -0.350 e. The number of piperidine rings is 1. The van der Waals surface area contributed by atoms with Crippen molar-refractivity contribution in [2.75, 3.05) is 32.7 Å². The maximum atomic E-state index is 13.4. The molecule has 2 fully saturated rings. The van der Waals surface area contributed by atoms with E-state index in [4.69, 9.17) is 0 Å². The van der Waals surface area contributed by atoms with E-state index < -0.39 is 23.3 Å². The number of alkyl halides is 3. The number of amides is 4. The molecule has 2 N–H and O–H groups in total. The number of nitrogens with one attached hydrogen (secondary N) is 2. The Hall–Kier alpha value is -3.57. The first kappa shape index (κ1) is 24.6. The molecule has 188 valence electrons. The first-order chi connectivity index (χ1) is 16.7. The Bertz CT molecular complexity index is 1060. The first-order valence-electron chi connectivity index (χ1n) is 11.6. The van der Waals surface area contributed by atoms with Crippen molar-refractivity contribution in [1.82, 2.24) is 30.2 Å². The molecule has 4 rings (SSSR count). The first-order valence-corrected chi connectivity index (χ1v) is 11.6. The zero-order valence-corrected chi connectivity index (χ0v) is 19.1. The molecule has 4 amide bonds. The highest BCUT2D eigenvalue weighted by Crippen LogP contribution is 2.31. The Labute approximate surface area is 200 Å². The fraction of sp³-hybridized carbons (Fsp3) is 0.478. The van der Waals surface area contributed by atoms with Gasteiger partial charge in [0, 0.05) is 51.4 Å². The van der Waals surface area contributed by atoms with Gasteiger partial charge >= 0.3 is 12.2 Å². The van der Waals surface area contributed by atoms with Gasteiger partial charge in [0.15, 0.2) is 5.69 Å². The van der Waals surface area contributed by atoms with Crippen LogP contribution in [0.2, 0.25) is 0 Å². The van der Waals surface area contributed by atoms with E-state index in [0.29, 0.717) is 38.0 Å². The topological polar surface area (TPSA) is 99.6 Å². The van der Waals surface area contributed by atoms with Crippen molar-refractivity contribution in [3.05, 3.63) is 47.8 Å². The SMILES string of the molecule is O=C(NCCNC(=O)N1CCC(N2CCCC2=O)CC1)c1cn(-c2ccccc2)nc1C(F)(F)F. The average Bonchev–Trinajstić information content (AvgIpc) is 3.49. The molecule has 2 aliphatic heterocycles. The molecule has 1 aromatic heterocycles. The monoisotopic (exact) mass is 492 g/mol. The van der Waals surface area contributed by atoms with Crippen molar-refractivity contribution in [1.29, 1.82) is 0 Å². The predicted octanol–water partition coefficient (Wildman–Crippen LogP) is 2.42. The summed E-state index contributed by atoms with van der Waals surface area (Å²) in [6, 6.07) is 8.04. The van der Waals surface area contributed by atoms with Gasteiger partial charge in [0.2, 0.25) is 5.91 Å². The Morgan fingerprint density at radius 3 is 2.34 bits per heavy atom. The lowest BCUT2D eigenvalue weighted by atomic mass is 10.0. The van der Waals surface area contributed by atoms with Crippen molar-refractivity contribution in [3.8, 4) is 5.69 Å². The molecule has 2 aliphatic rings. The number of hydrogen-bond donors (Lipinski definition) is 2. The Morgan fingerprint density at radius 1 is 1.03 bits per heavy atom. The summed E-state index contributed by atoms with van der Waals surface area (Å²) in [7, 11) is 0. The number of benzene rings is 1. The summed E-state index contributed by atoms with van der Waals surface area (Å²) in [5, 5.41) is 8.65. The number of carbonyl (C=O) groups is 3. The van der Waals surface area contributed by atoms with Gasteiger partial charge in [-0.25, -0.2) is 9.48 Å². The Kier molecular flexibility index (Phi) is 7.27. The highest BCUT2D eigenvalue weighted by Gasteiger charge is 2.39. The molecule has 35 heavy (non-hydrogen) atoms. The minimum absolute atomic E-state index is 0.0445. The van der Waals surface area contributed by atoms with Crippen LogP contribution in [-0.2, 0) is 11.0 Å². The van der Waals surface area contributed by atoms with Crippen molar-refractivity contribution in [2.24, 2.45) is 0 Å². The Morgan fingerprint density at radius 2 is 1.71 bits per heavy atom. The van der Waals surface area contributed by atoms with Crippen LogP contribution in [0.3, 0.4) is 0 Å². The molecule has 12 heteroatoms. The van der Waals surface area contributed by atoms with E-state index in [9.17, 15) is 27.6 Å². The molecule has 0 saturated carbocycles. The molecule has 1 aromatic carbocycles. The molecule has 0 radical (unpaired) electrons.